The summed E-state index contributed by atoms with van der Waals surface area (Å²) in [5, 5.41) is 11.5. The van der Waals surface area contributed by atoms with Gasteiger partial charge in [-0.1, -0.05) is 76.1 Å². The Labute approximate surface area is 250 Å². The van der Waals surface area contributed by atoms with Crippen molar-refractivity contribution in [2.75, 3.05) is 0 Å². The van der Waals surface area contributed by atoms with Gasteiger partial charge in [-0.05, 0) is 62.4 Å². The fourth-order valence-corrected chi connectivity index (χ4v) is 6.88. The number of carbonyl (C=O) groups excluding carboxylic acids is 3. The van der Waals surface area contributed by atoms with E-state index in [1.807, 2.05) is 26.0 Å². The van der Waals surface area contributed by atoms with Crippen LogP contribution in [-0.2, 0) is 33.3 Å². The van der Waals surface area contributed by atoms with Crippen LogP contribution in [0.15, 0.2) is 60.3 Å². The van der Waals surface area contributed by atoms with E-state index in [9.17, 15) is 19.5 Å². The predicted octanol–water partition coefficient (Wildman–Crippen LogP) is 6.26. The Balaban J connectivity index is 2.04. The maximum absolute atomic E-state index is 12.9. The normalized spacial score (nSPS) is 34.5. The standard InChI is InChI=1S/C34H48O8/c1-8-10-11-12-13-14-15-16-30(38)41-26-19-27-31(39-24(5)35)42-32(40-25(6)36)34(27)21-28(37)23(4)33(7,29(34)20-26)18-17-22(3)9-2/h9,13-17,19,23,26,28-29,31-32,37H,2,8,10-12,18,20-21H2,1,3-7H3/b14-13+,16-15-,22-17+/t23-,26-,28+,29-,31-,32+,33-,34-/m1/s1. The molecule has 0 aromatic rings. The number of rotatable bonds is 12. The largest absolute Gasteiger partial charge is 0.455 e. The van der Waals surface area contributed by atoms with Gasteiger partial charge in [0.1, 0.15) is 6.10 Å². The van der Waals surface area contributed by atoms with E-state index in [-0.39, 0.29) is 18.3 Å². The van der Waals surface area contributed by atoms with Gasteiger partial charge in [-0.25, -0.2) is 4.79 Å². The Morgan fingerprint density at radius 1 is 1.12 bits per heavy atom. The Kier molecular flexibility index (Phi) is 11.6. The molecule has 1 saturated heterocycles. The summed E-state index contributed by atoms with van der Waals surface area (Å²) < 4.78 is 23.3. The molecule has 1 N–H and O–H groups in total. The first-order chi connectivity index (χ1) is 19.9. The van der Waals surface area contributed by atoms with Gasteiger partial charge in [0.2, 0.25) is 12.6 Å². The Morgan fingerprint density at radius 3 is 2.48 bits per heavy atom. The van der Waals surface area contributed by atoms with Gasteiger partial charge in [-0.3, -0.25) is 14.3 Å². The van der Waals surface area contributed by atoms with Crippen molar-refractivity contribution < 1.29 is 38.4 Å². The molecule has 0 unspecified atom stereocenters. The maximum atomic E-state index is 12.9. The fourth-order valence-electron chi connectivity index (χ4n) is 6.88. The van der Waals surface area contributed by atoms with E-state index in [1.165, 1.54) is 26.3 Å². The predicted molar refractivity (Wildman–Crippen MR) is 160 cm³/mol. The van der Waals surface area contributed by atoms with E-state index in [1.54, 1.807) is 18.2 Å². The van der Waals surface area contributed by atoms with Crippen LogP contribution < -0.4 is 0 Å². The highest BCUT2D eigenvalue weighted by atomic mass is 16.8. The molecule has 0 radical (unpaired) electrons. The second-order valence-corrected chi connectivity index (χ2v) is 12.2. The monoisotopic (exact) mass is 584 g/mol. The van der Waals surface area contributed by atoms with Crippen molar-refractivity contribution in [3.63, 3.8) is 0 Å². The second kappa shape index (κ2) is 14.5. The third kappa shape index (κ3) is 7.32. The summed E-state index contributed by atoms with van der Waals surface area (Å²) in [6.45, 7) is 14.7. The Bertz CT molecular complexity index is 1130. The number of allylic oxidation sites excluding steroid dienone is 6. The number of aliphatic hydroxyl groups excluding tert-OH is 1. The highest BCUT2D eigenvalue weighted by Crippen LogP contribution is 2.67. The molecule has 0 aromatic heterocycles. The molecule has 8 atom stereocenters. The molecule has 42 heavy (non-hydrogen) atoms. The lowest BCUT2D eigenvalue weighted by Gasteiger charge is -2.59. The molecule has 8 nitrogen and oxygen atoms in total. The number of hydrogen-bond donors (Lipinski definition) is 1. The molecular weight excluding hydrogens is 536 g/mol. The SMILES string of the molecule is C=C/C(C)=C/C[C@]1(C)[C@H](C)[C@@H](O)C[C@@]23C(=C[C@@H](OC(=O)/C=C\C=C\CCCCC)C[C@H]12)[C@H](OC(C)=O)O[C@@H]3OC(C)=O. The number of unbranched alkanes of at least 4 members (excludes halogenated alkanes) is 3. The topological polar surface area (TPSA) is 108 Å². The van der Waals surface area contributed by atoms with Gasteiger partial charge in [-0.2, -0.15) is 0 Å². The average molecular weight is 585 g/mol. The first-order valence-corrected chi connectivity index (χ1v) is 15.1. The molecule has 3 rings (SSSR count). The van der Waals surface area contributed by atoms with Crippen molar-refractivity contribution in [1.29, 1.82) is 0 Å². The highest BCUT2D eigenvalue weighted by molar-refractivity contribution is 5.82. The zero-order valence-corrected chi connectivity index (χ0v) is 26.0. The van der Waals surface area contributed by atoms with Crippen LogP contribution in [0, 0.1) is 22.7 Å². The number of carbonyl (C=O) groups is 3. The molecule has 232 valence electrons. The van der Waals surface area contributed by atoms with Crippen LogP contribution in [0.3, 0.4) is 0 Å². The molecule has 1 spiro atoms. The first kappa shape index (κ1) is 33.5. The van der Waals surface area contributed by atoms with Crippen LogP contribution in [0.4, 0.5) is 0 Å². The van der Waals surface area contributed by atoms with Crippen LogP contribution >= 0.6 is 0 Å². The highest BCUT2D eigenvalue weighted by Gasteiger charge is 2.69. The van der Waals surface area contributed by atoms with Gasteiger partial charge < -0.3 is 19.3 Å². The van der Waals surface area contributed by atoms with Gasteiger partial charge in [0.15, 0.2) is 0 Å². The van der Waals surface area contributed by atoms with Crippen LogP contribution in [0.2, 0.25) is 0 Å². The van der Waals surface area contributed by atoms with Gasteiger partial charge >= 0.3 is 17.9 Å². The van der Waals surface area contributed by atoms with Crippen LogP contribution in [0.1, 0.15) is 86.5 Å². The van der Waals surface area contributed by atoms with E-state index in [2.05, 4.69) is 26.5 Å². The Morgan fingerprint density at radius 2 is 1.83 bits per heavy atom. The molecule has 1 aliphatic heterocycles. The number of ether oxygens (including phenoxy) is 4. The molecule has 0 bridgehead atoms. The van der Waals surface area contributed by atoms with Gasteiger partial charge in [-0.15, -0.1) is 0 Å². The Hall–Kier alpha value is -2.97. The average Bonchev–Trinajstić information content (AvgIpc) is 3.20. The molecular formula is C34H48O8. The zero-order valence-electron chi connectivity index (χ0n) is 26.0. The van der Waals surface area contributed by atoms with Crippen molar-refractivity contribution >= 4 is 17.9 Å². The van der Waals surface area contributed by atoms with Crippen LogP contribution in [-0.4, -0.2) is 47.8 Å². The summed E-state index contributed by atoms with van der Waals surface area (Å²) in [5.41, 5.74) is 0.0367. The summed E-state index contributed by atoms with van der Waals surface area (Å²) in [6.07, 6.45) is 14.6. The van der Waals surface area contributed by atoms with Crippen molar-refractivity contribution in [1.82, 2.24) is 0 Å². The van der Waals surface area contributed by atoms with Gasteiger partial charge in [0.25, 0.3) is 0 Å². The zero-order chi connectivity index (χ0) is 31.1. The lowest BCUT2D eigenvalue weighted by atomic mass is 9.45. The van der Waals surface area contributed by atoms with Crippen molar-refractivity contribution in [3.8, 4) is 0 Å². The second-order valence-electron chi connectivity index (χ2n) is 12.2. The molecule has 3 aliphatic rings. The van der Waals surface area contributed by atoms with E-state index in [0.717, 1.165) is 24.8 Å². The third-order valence-corrected chi connectivity index (χ3v) is 9.33. The lowest BCUT2D eigenvalue weighted by Crippen LogP contribution is -2.60. The molecule has 1 saturated carbocycles. The van der Waals surface area contributed by atoms with E-state index in [4.69, 9.17) is 18.9 Å². The molecule has 8 heteroatoms. The van der Waals surface area contributed by atoms with Crippen molar-refractivity contribution in [2.24, 2.45) is 22.7 Å². The summed E-state index contributed by atoms with van der Waals surface area (Å²) in [6, 6.07) is 0. The maximum Gasteiger partial charge on any atom is 0.331 e. The van der Waals surface area contributed by atoms with Crippen LogP contribution in [0.25, 0.3) is 0 Å². The first-order valence-electron chi connectivity index (χ1n) is 15.1. The smallest absolute Gasteiger partial charge is 0.331 e. The van der Waals surface area contributed by atoms with Crippen LogP contribution in [0.5, 0.6) is 0 Å². The minimum absolute atomic E-state index is 0.152. The quantitative estimate of drug-likeness (QED) is 0.0715. The van der Waals surface area contributed by atoms with Crippen molar-refractivity contribution in [2.45, 2.75) is 111 Å². The summed E-state index contributed by atoms with van der Waals surface area (Å²) in [7, 11) is 0. The molecule has 2 fully saturated rings. The lowest BCUT2D eigenvalue weighted by molar-refractivity contribution is -0.244. The minimum Gasteiger partial charge on any atom is -0.455 e. The van der Waals surface area contributed by atoms with E-state index >= 15 is 0 Å². The van der Waals surface area contributed by atoms with E-state index in [0.29, 0.717) is 18.4 Å². The molecule has 0 aromatic carbocycles. The van der Waals surface area contributed by atoms with Gasteiger partial charge in [0.05, 0.1) is 11.5 Å². The molecule has 0 amide bonds. The molecule has 1 heterocycles. The fraction of sp³-hybridized carbons (Fsp3) is 0.618. The van der Waals surface area contributed by atoms with E-state index < -0.39 is 53.5 Å². The minimum atomic E-state index is -1.15. The third-order valence-electron chi connectivity index (χ3n) is 9.33. The number of aliphatic hydroxyl groups is 1. The molecule has 2 aliphatic carbocycles. The summed E-state index contributed by atoms with van der Waals surface area (Å²) in [4.78, 5) is 37.2. The number of esters is 3. The van der Waals surface area contributed by atoms with Crippen molar-refractivity contribution in [3.05, 3.63) is 60.3 Å². The number of hydrogen-bond acceptors (Lipinski definition) is 8. The van der Waals surface area contributed by atoms with Gasteiger partial charge in [0, 0.05) is 25.5 Å². The summed E-state index contributed by atoms with van der Waals surface area (Å²) in [5.74, 6) is -2.02. The summed E-state index contributed by atoms with van der Waals surface area (Å²) >= 11 is 0.